The molecule has 0 radical (unpaired) electrons. The number of para-hydroxylation sites is 1. The normalized spacial score (nSPS) is 11.7. The van der Waals surface area contributed by atoms with Crippen molar-refractivity contribution in [1.29, 1.82) is 0 Å². The smallest absolute Gasteiger partial charge is 0.359 e. The second kappa shape index (κ2) is 6.43. The average Bonchev–Trinajstić information content (AvgIpc) is 2.59. The Morgan fingerprint density at radius 1 is 1.00 bits per heavy atom. The number of fused-ring (bicyclic) bond motifs is 1. The summed E-state index contributed by atoms with van der Waals surface area (Å²) >= 11 is 0. The number of likely N-dealkylation sites (N-methyl/N-ethyl adjacent to an activating group) is 1. The lowest BCUT2D eigenvalue weighted by Gasteiger charge is -2.21. The first-order valence-electron chi connectivity index (χ1n) is 7.40. The number of hydrogen-bond acceptors (Lipinski definition) is 4. The SMILES string of the molecule is CN(CCc1ccccn1)c1nc(C(F)(F)F)nc2ccccc12. The standard InChI is InChI=1S/C17H15F3N4/c1-24(11-9-12-6-4-5-10-21-12)15-13-7-2-3-8-14(13)22-16(23-15)17(18,19)20/h2-8,10H,9,11H2,1H3. The Bertz CT molecular complexity index is 834. The molecule has 4 nitrogen and oxygen atoms in total. The highest BCUT2D eigenvalue weighted by molar-refractivity contribution is 5.89. The van der Waals surface area contributed by atoms with E-state index in [4.69, 9.17) is 0 Å². The Labute approximate surface area is 137 Å². The van der Waals surface area contributed by atoms with E-state index in [1.54, 1.807) is 42.4 Å². The summed E-state index contributed by atoms with van der Waals surface area (Å²) in [5.41, 5.74) is 1.15. The summed E-state index contributed by atoms with van der Waals surface area (Å²) in [5, 5.41) is 0.592. The van der Waals surface area contributed by atoms with E-state index in [-0.39, 0.29) is 11.3 Å². The van der Waals surface area contributed by atoms with Gasteiger partial charge in [0.25, 0.3) is 0 Å². The van der Waals surface area contributed by atoms with E-state index in [9.17, 15) is 13.2 Å². The number of benzene rings is 1. The van der Waals surface area contributed by atoms with Crippen molar-refractivity contribution in [3.63, 3.8) is 0 Å². The van der Waals surface area contributed by atoms with Gasteiger partial charge in [0, 0.05) is 37.3 Å². The Balaban J connectivity index is 1.94. The number of alkyl halides is 3. The molecule has 2 heterocycles. The molecule has 0 spiro atoms. The maximum atomic E-state index is 13.1. The molecule has 124 valence electrons. The predicted octanol–water partition coefficient (Wildman–Crippen LogP) is 3.72. The van der Waals surface area contributed by atoms with E-state index in [1.165, 1.54) is 0 Å². The highest BCUT2D eigenvalue weighted by atomic mass is 19.4. The maximum absolute atomic E-state index is 13.1. The Hall–Kier alpha value is -2.70. The van der Waals surface area contributed by atoms with Crippen LogP contribution in [-0.2, 0) is 12.6 Å². The molecule has 0 aliphatic carbocycles. The molecule has 1 aromatic carbocycles. The van der Waals surface area contributed by atoms with Crippen LogP contribution in [0.15, 0.2) is 48.7 Å². The maximum Gasteiger partial charge on any atom is 0.451 e. The van der Waals surface area contributed by atoms with Gasteiger partial charge in [0.05, 0.1) is 5.52 Å². The van der Waals surface area contributed by atoms with Gasteiger partial charge in [0.15, 0.2) is 0 Å². The molecule has 0 aliphatic heterocycles. The number of halogens is 3. The number of nitrogens with zero attached hydrogens (tertiary/aromatic N) is 4. The van der Waals surface area contributed by atoms with Crippen LogP contribution < -0.4 is 4.90 Å². The molecule has 3 aromatic rings. The molecule has 2 aromatic heterocycles. The third-order valence-corrected chi connectivity index (χ3v) is 3.63. The second-order valence-corrected chi connectivity index (χ2v) is 5.38. The summed E-state index contributed by atoms with van der Waals surface area (Å²) in [7, 11) is 1.72. The Morgan fingerprint density at radius 2 is 1.75 bits per heavy atom. The Morgan fingerprint density at radius 3 is 2.46 bits per heavy atom. The summed E-state index contributed by atoms with van der Waals surface area (Å²) in [6.45, 7) is 0.495. The predicted molar refractivity (Wildman–Crippen MR) is 85.8 cm³/mol. The van der Waals surface area contributed by atoms with Crippen LogP contribution >= 0.6 is 0 Å². The van der Waals surface area contributed by atoms with Gasteiger partial charge in [0.2, 0.25) is 5.82 Å². The average molecular weight is 332 g/mol. The van der Waals surface area contributed by atoms with Gasteiger partial charge >= 0.3 is 6.18 Å². The zero-order chi connectivity index (χ0) is 17.2. The number of aromatic nitrogens is 3. The molecule has 0 fully saturated rings. The summed E-state index contributed by atoms with van der Waals surface area (Å²) in [4.78, 5) is 13.3. The molecular weight excluding hydrogens is 317 g/mol. The second-order valence-electron chi connectivity index (χ2n) is 5.38. The van der Waals surface area contributed by atoms with Gasteiger partial charge in [-0.1, -0.05) is 18.2 Å². The van der Waals surface area contributed by atoms with Crippen molar-refractivity contribution in [2.24, 2.45) is 0 Å². The van der Waals surface area contributed by atoms with Crippen molar-refractivity contribution >= 4 is 16.7 Å². The summed E-state index contributed by atoms with van der Waals surface area (Å²) < 4.78 is 39.2. The molecule has 24 heavy (non-hydrogen) atoms. The van der Waals surface area contributed by atoms with E-state index in [0.717, 1.165) is 5.69 Å². The first-order chi connectivity index (χ1) is 11.4. The first kappa shape index (κ1) is 16.2. The van der Waals surface area contributed by atoms with Gasteiger partial charge in [0.1, 0.15) is 5.82 Å². The van der Waals surface area contributed by atoms with E-state index in [2.05, 4.69) is 15.0 Å². The van der Waals surface area contributed by atoms with Crippen molar-refractivity contribution in [2.45, 2.75) is 12.6 Å². The van der Waals surface area contributed by atoms with Gasteiger partial charge in [-0.05, 0) is 24.3 Å². The largest absolute Gasteiger partial charge is 0.451 e. The zero-order valence-electron chi connectivity index (χ0n) is 13.0. The van der Waals surface area contributed by atoms with E-state index < -0.39 is 12.0 Å². The van der Waals surface area contributed by atoms with Crippen LogP contribution in [-0.4, -0.2) is 28.5 Å². The molecule has 0 bridgehead atoms. The summed E-state index contributed by atoms with van der Waals surface area (Å²) in [6, 6.07) is 12.3. The first-order valence-corrected chi connectivity index (χ1v) is 7.40. The molecule has 3 rings (SSSR count). The lowest BCUT2D eigenvalue weighted by molar-refractivity contribution is -0.144. The third kappa shape index (κ3) is 3.45. The van der Waals surface area contributed by atoms with Crippen LogP contribution in [0.25, 0.3) is 10.9 Å². The van der Waals surface area contributed by atoms with Crippen LogP contribution in [0.3, 0.4) is 0 Å². The Kier molecular flexibility index (Phi) is 4.33. The lowest BCUT2D eigenvalue weighted by atomic mass is 10.2. The highest BCUT2D eigenvalue weighted by Gasteiger charge is 2.35. The highest BCUT2D eigenvalue weighted by Crippen LogP contribution is 2.31. The zero-order valence-corrected chi connectivity index (χ0v) is 13.0. The fourth-order valence-electron chi connectivity index (χ4n) is 2.41. The molecule has 0 saturated heterocycles. The number of hydrogen-bond donors (Lipinski definition) is 0. The topological polar surface area (TPSA) is 41.9 Å². The lowest BCUT2D eigenvalue weighted by Crippen LogP contribution is -2.24. The van der Waals surface area contributed by atoms with Crippen LogP contribution in [0.2, 0.25) is 0 Å². The third-order valence-electron chi connectivity index (χ3n) is 3.63. The monoisotopic (exact) mass is 332 g/mol. The van der Waals surface area contributed by atoms with Crippen LogP contribution in [0.1, 0.15) is 11.5 Å². The summed E-state index contributed by atoms with van der Waals surface area (Å²) in [6.07, 6.45) is -2.28. The van der Waals surface area contributed by atoms with Gasteiger partial charge in [-0.25, -0.2) is 9.97 Å². The fourth-order valence-corrected chi connectivity index (χ4v) is 2.41. The van der Waals surface area contributed by atoms with Gasteiger partial charge in [-0.3, -0.25) is 4.98 Å². The molecule has 0 atom stereocenters. The van der Waals surface area contributed by atoms with E-state index >= 15 is 0 Å². The van der Waals surface area contributed by atoms with Crippen LogP contribution in [0, 0.1) is 0 Å². The van der Waals surface area contributed by atoms with Crippen molar-refractivity contribution in [3.8, 4) is 0 Å². The van der Waals surface area contributed by atoms with Gasteiger partial charge in [-0.15, -0.1) is 0 Å². The quantitative estimate of drug-likeness (QED) is 0.730. The van der Waals surface area contributed by atoms with Crippen LogP contribution in [0.5, 0.6) is 0 Å². The molecule has 0 amide bonds. The van der Waals surface area contributed by atoms with E-state index in [1.807, 2.05) is 18.2 Å². The van der Waals surface area contributed by atoms with Crippen molar-refractivity contribution in [1.82, 2.24) is 15.0 Å². The van der Waals surface area contributed by atoms with Gasteiger partial charge in [-0.2, -0.15) is 13.2 Å². The minimum atomic E-state index is -4.58. The fraction of sp³-hybridized carbons (Fsp3) is 0.235. The van der Waals surface area contributed by atoms with Crippen LogP contribution in [0.4, 0.5) is 19.0 Å². The van der Waals surface area contributed by atoms with E-state index in [0.29, 0.717) is 18.4 Å². The van der Waals surface area contributed by atoms with Crippen molar-refractivity contribution < 1.29 is 13.2 Å². The van der Waals surface area contributed by atoms with Gasteiger partial charge < -0.3 is 4.90 Å². The molecule has 0 aliphatic rings. The van der Waals surface area contributed by atoms with Crippen molar-refractivity contribution in [3.05, 3.63) is 60.2 Å². The minimum Gasteiger partial charge on any atom is -0.359 e. The molecule has 7 heteroatoms. The number of anilines is 1. The molecule has 0 unspecified atom stereocenters. The molecule has 0 saturated carbocycles. The minimum absolute atomic E-state index is 0.267. The molecule has 0 N–H and O–H groups in total. The number of pyridine rings is 1. The molecular formula is C17H15F3N4. The number of rotatable bonds is 4. The summed E-state index contributed by atoms with van der Waals surface area (Å²) in [5.74, 6) is -0.857. The van der Waals surface area contributed by atoms with Crippen molar-refractivity contribution in [2.75, 3.05) is 18.5 Å².